The van der Waals surface area contributed by atoms with Crippen LogP contribution in [0, 0.1) is 10.1 Å². The fourth-order valence-electron chi connectivity index (χ4n) is 1.61. The van der Waals surface area contributed by atoms with Crippen molar-refractivity contribution in [2.75, 3.05) is 12.4 Å². The highest BCUT2D eigenvalue weighted by Gasteiger charge is 2.20. The highest BCUT2D eigenvalue weighted by atomic mass is 32.1. The molecule has 1 N–H and O–H groups in total. The zero-order valence-electron chi connectivity index (χ0n) is 10.6. The minimum absolute atomic E-state index is 0.00546. The van der Waals surface area contributed by atoms with Gasteiger partial charge in [0.05, 0.1) is 9.80 Å². The largest absolute Gasteiger partial charge is 0.354 e. The number of nitro groups is 1. The molecule has 104 valence electrons. The second-order valence-corrected chi connectivity index (χ2v) is 4.85. The Morgan fingerprint density at radius 3 is 2.55 bits per heavy atom. The van der Waals surface area contributed by atoms with Crippen molar-refractivity contribution in [1.82, 2.24) is 0 Å². The molecule has 7 heteroatoms. The molecular weight excluding hydrogens is 280 g/mol. The Kier molecular flexibility index (Phi) is 4.44. The van der Waals surface area contributed by atoms with Gasteiger partial charge in [0.15, 0.2) is 6.23 Å². The number of anilines is 1. The molecule has 0 aliphatic rings. The predicted molar refractivity (Wildman–Crippen MR) is 76.2 cm³/mol. The molecule has 0 spiro atoms. The maximum absolute atomic E-state index is 12.1. The van der Waals surface area contributed by atoms with Gasteiger partial charge in [0, 0.05) is 24.9 Å². The number of carbonyl (C=O) groups is 1. The second-order valence-electron chi connectivity index (χ2n) is 3.91. The van der Waals surface area contributed by atoms with Crippen LogP contribution in [0.4, 0.5) is 11.4 Å². The first kappa shape index (κ1) is 14.2. The van der Waals surface area contributed by atoms with Crippen molar-refractivity contribution in [3.63, 3.8) is 0 Å². The molecule has 0 fully saturated rings. The van der Waals surface area contributed by atoms with Gasteiger partial charge in [0.25, 0.3) is 5.69 Å². The van der Waals surface area contributed by atoms with Crippen LogP contribution in [0.3, 0.4) is 0 Å². The van der Waals surface area contributed by atoms with E-state index in [4.69, 9.17) is 4.74 Å². The van der Waals surface area contributed by atoms with Gasteiger partial charge in [-0.3, -0.25) is 14.9 Å². The van der Waals surface area contributed by atoms with E-state index in [1.54, 1.807) is 12.1 Å². The number of Topliss-reactive ketones (excluding diaryl/α,β-unsaturated/α-hetero) is 1. The summed E-state index contributed by atoms with van der Waals surface area (Å²) >= 11 is 1.33. The summed E-state index contributed by atoms with van der Waals surface area (Å²) in [6.45, 7) is 0. The third kappa shape index (κ3) is 3.19. The molecule has 0 saturated heterocycles. The van der Waals surface area contributed by atoms with Crippen LogP contribution in [0.15, 0.2) is 41.8 Å². The summed E-state index contributed by atoms with van der Waals surface area (Å²) in [5.41, 5.74) is 0.571. The van der Waals surface area contributed by atoms with E-state index < -0.39 is 11.2 Å². The fraction of sp³-hybridized carbons (Fsp3) is 0.154. The number of carbonyl (C=O) groups excluding carboxylic acids is 1. The highest BCUT2D eigenvalue weighted by Crippen LogP contribution is 2.18. The van der Waals surface area contributed by atoms with Gasteiger partial charge in [0.2, 0.25) is 5.78 Å². The average molecular weight is 292 g/mol. The molecule has 2 rings (SSSR count). The molecule has 0 bridgehead atoms. The summed E-state index contributed by atoms with van der Waals surface area (Å²) in [6.07, 6.45) is -0.824. The Morgan fingerprint density at radius 2 is 2.05 bits per heavy atom. The first-order valence-electron chi connectivity index (χ1n) is 5.73. The van der Waals surface area contributed by atoms with Crippen molar-refractivity contribution in [3.8, 4) is 0 Å². The van der Waals surface area contributed by atoms with E-state index in [0.717, 1.165) is 0 Å². The molecule has 0 radical (unpaired) electrons. The minimum Gasteiger partial charge on any atom is -0.354 e. The van der Waals surface area contributed by atoms with E-state index >= 15 is 0 Å². The lowest BCUT2D eigenvalue weighted by Crippen LogP contribution is -2.30. The van der Waals surface area contributed by atoms with Crippen molar-refractivity contribution in [2.24, 2.45) is 0 Å². The summed E-state index contributed by atoms with van der Waals surface area (Å²) in [7, 11) is 1.43. The van der Waals surface area contributed by atoms with E-state index in [0.29, 0.717) is 10.6 Å². The summed E-state index contributed by atoms with van der Waals surface area (Å²) in [4.78, 5) is 22.8. The summed E-state index contributed by atoms with van der Waals surface area (Å²) in [6, 6.07) is 9.31. The molecule has 1 heterocycles. The summed E-state index contributed by atoms with van der Waals surface area (Å²) in [5.74, 6) is -0.180. The Labute approximate surface area is 119 Å². The van der Waals surface area contributed by atoms with Gasteiger partial charge < -0.3 is 10.1 Å². The molecule has 1 aromatic heterocycles. The van der Waals surface area contributed by atoms with Crippen LogP contribution in [-0.4, -0.2) is 24.0 Å². The molecule has 0 unspecified atom stereocenters. The standard InChI is InChI=1S/C13H12N2O4S/c1-19-13(12(16)11-3-2-8-20-11)14-9-4-6-10(7-5-9)15(17)18/h2-8,13-14H,1H3/t13-/m1/s1. The van der Waals surface area contributed by atoms with Gasteiger partial charge in [0.1, 0.15) is 0 Å². The molecule has 6 nitrogen and oxygen atoms in total. The van der Waals surface area contributed by atoms with Crippen LogP contribution in [0.5, 0.6) is 0 Å². The normalized spacial score (nSPS) is 11.8. The third-order valence-corrected chi connectivity index (χ3v) is 3.50. The number of nitro benzene ring substituents is 1. The SMILES string of the molecule is CO[C@@H](Nc1ccc([N+](=O)[O-])cc1)C(=O)c1cccs1. The average Bonchev–Trinajstić information content (AvgIpc) is 2.98. The number of non-ortho nitro benzene ring substituents is 1. The highest BCUT2D eigenvalue weighted by molar-refractivity contribution is 7.12. The molecule has 0 saturated carbocycles. The Hall–Kier alpha value is -2.25. The minimum atomic E-state index is -0.824. The van der Waals surface area contributed by atoms with Gasteiger partial charge in [-0.2, -0.15) is 0 Å². The van der Waals surface area contributed by atoms with Crippen molar-refractivity contribution >= 4 is 28.5 Å². The summed E-state index contributed by atoms with van der Waals surface area (Å²) < 4.78 is 5.13. The van der Waals surface area contributed by atoms with Crippen molar-refractivity contribution in [1.29, 1.82) is 0 Å². The smallest absolute Gasteiger partial charge is 0.269 e. The van der Waals surface area contributed by atoms with Gasteiger partial charge >= 0.3 is 0 Å². The van der Waals surface area contributed by atoms with Crippen LogP contribution >= 0.6 is 11.3 Å². The second kappa shape index (κ2) is 6.27. The number of hydrogen-bond donors (Lipinski definition) is 1. The molecule has 0 amide bonds. The number of nitrogens with one attached hydrogen (secondary N) is 1. The zero-order chi connectivity index (χ0) is 14.5. The number of thiophene rings is 1. The first-order chi connectivity index (χ1) is 9.61. The first-order valence-corrected chi connectivity index (χ1v) is 6.61. The fourth-order valence-corrected chi connectivity index (χ4v) is 2.29. The zero-order valence-corrected chi connectivity index (χ0v) is 11.4. The van der Waals surface area contributed by atoms with Crippen LogP contribution in [0.2, 0.25) is 0 Å². The van der Waals surface area contributed by atoms with Crippen molar-refractivity contribution < 1.29 is 14.5 Å². The Balaban J connectivity index is 2.10. The van der Waals surface area contributed by atoms with Crippen LogP contribution in [-0.2, 0) is 4.74 Å². The molecule has 1 atom stereocenters. The van der Waals surface area contributed by atoms with Gasteiger partial charge in [-0.15, -0.1) is 11.3 Å². The van der Waals surface area contributed by atoms with Gasteiger partial charge in [-0.05, 0) is 23.6 Å². The maximum atomic E-state index is 12.1. The molecule has 0 aliphatic heterocycles. The van der Waals surface area contributed by atoms with Crippen LogP contribution < -0.4 is 5.32 Å². The number of nitrogens with zero attached hydrogens (tertiary/aromatic N) is 1. The van der Waals surface area contributed by atoms with E-state index in [-0.39, 0.29) is 11.5 Å². The predicted octanol–water partition coefficient (Wildman–Crippen LogP) is 2.92. The lowest BCUT2D eigenvalue weighted by molar-refractivity contribution is -0.384. The lowest BCUT2D eigenvalue weighted by atomic mass is 10.2. The number of methoxy groups -OCH3 is 1. The van der Waals surface area contributed by atoms with Crippen molar-refractivity contribution in [3.05, 3.63) is 56.8 Å². The number of ketones is 1. The molecule has 2 aromatic rings. The maximum Gasteiger partial charge on any atom is 0.269 e. The Morgan fingerprint density at radius 1 is 1.35 bits per heavy atom. The Bertz CT molecular complexity index is 595. The lowest BCUT2D eigenvalue weighted by Gasteiger charge is -2.16. The molecule has 20 heavy (non-hydrogen) atoms. The molecular formula is C13H12N2O4S. The monoisotopic (exact) mass is 292 g/mol. The van der Waals surface area contributed by atoms with E-state index in [1.807, 2.05) is 5.38 Å². The van der Waals surface area contributed by atoms with Crippen LogP contribution in [0.1, 0.15) is 9.67 Å². The van der Waals surface area contributed by atoms with Crippen LogP contribution in [0.25, 0.3) is 0 Å². The van der Waals surface area contributed by atoms with Gasteiger partial charge in [-0.1, -0.05) is 6.07 Å². The topological polar surface area (TPSA) is 81.5 Å². The molecule has 0 aliphatic carbocycles. The molecule has 1 aromatic carbocycles. The third-order valence-electron chi connectivity index (χ3n) is 2.61. The van der Waals surface area contributed by atoms with E-state index in [1.165, 1.54) is 42.7 Å². The van der Waals surface area contributed by atoms with Crippen molar-refractivity contribution in [2.45, 2.75) is 6.23 Å². The quantitative estimate of drug-likeness (QED) is 0.383. The van der Waals surface area contributed by atoms with Gasteiger partial charge in [-0.25, -0.2) is 0 Å². The number of rotatable bonds is 6. The van der Waals surface area contributed by atoms with E-state index in [2.05, 4.69) is 5.32 Å². The number of benzene rings is 1. The number of hydrogen-bond acceptors (Lipinski definition) is 6. The summed E-state index contributed by atoms with van der Waals surface area (Å²) in [5, 5.41) is 15.3. The van der Waals surface area contributed by atoms with E-state index in [9.17, 15) is 14.9 Å². The number of ether oxygens (including phenoxy) is 1.